The minimum atomic E-state index is -0.0174. The first-order valence-electron chi connectivity index (χ1n) is 5.91. The highest BCUT2D eigenvalue weighted by atomic mass is 35.5. The van der Waals surface area contributed by atoms with Crippen molar-refractivity contribution in [2.24, 2.45) is 0 Å². The number of amides is 1. The van der Waals surface area contributed by atoms with E-state index in [1.54, 1.807) is 0 Å². The molecule has 4 nitrogen and oxygen atoms in total. The zero-order valence-electron chi connectivity index (χ0n) is 11.1. The summed E-state index contributed by atoms with van der Waals surface area (Å²) in [5, 5.41) is 6.63. The van der Waals surface area contributed by atoms with Crippen molar-refractivity contribution in [2.75, 3.05) is 39.0 Å². The van der Waals surface area contributed by atoms with Gasteiger partial charge in [-0.2, -0.15) is 0 Å². The Morgan fingerprint density at radius 3 is 2.78 bits per heavy atom. The third-order valence-corrected chi connectivity index (χ3v) is 3.00. The van der Waals surface area contributed by atoms with Gasteiger partial charge in [-0.15, -0.1) is 0 Å². The molecule has 0 radical (unpaired) electrons. The number of carbonyl (C=O) groups is 1. The maximum Gasteiger partial charge on any atom is 0.239 e. The van der Waals surface area contributed by atoms with Crippen LogP contribution in [0.3, 0.4) is 0 Å². The van der Waals surface area contributed by atoms with Gasteiger partial charge in [0, 0.05) is 23.8 Å². The summed E-state index contributed by atoms with van der Waals surface area (Å²) in [6, 6.07) is 5.61. The molecule has 0 aromatic heterocycles. The third-order valence-electron chi connectivity index (χ3n) is 2.59. The normalized spacial score (nSPS) is 10.5. The molecular formula is C13H20ClN3O. The standard InChI is InChI=1S/C13H20ClN3O/c1-10-11(14)5-4-6-12(10)16-9-13(18)15-7-8-17(2)3/h4-6,16H,7-9H2,1-3H3,(H,15,18). The average molecular weight is 270 g/mol. The molecule has 1 rings (SSSR count). The number of rotatable bonds is 6. The molecule has 2 N–H and O–H groups in total. The molecule has 0 aliphatic heterocycles. The number of hydrogen-bond donors (Lipinski definition) is 2. The van der Waals surface area contributed by atoms with Crippen LogP contribution in [0, 0.1) is 6.92 Å². The number of benzene rings is 1. The molecule has 100 valence electrons. The lowest BCUT2D eigenvalue weighted by molar-refractivity contribution is -0.119. The second kappa shape index (κ2) is 7.24. The summed E-state index contributed by atoms with van der Waals surface area (Å²) in [4.78, 5) is 13.6. The van der Waals surface area contributed by atoms with Gasteiger partial charge in [0.05, 0.1) is 6.54 Å². The lowest BCUT2D eigenvalue weighted by atomic mass is 10.2. The lowest BCUT2D eigenvalue weighted by Gasteiger charge is -2.12. The Kier molecular flexibility index (Phi) is 5.95. The fourth-order valence-corrected chi connectivity index (χ4v) is 1.63. The number of halogens is 1. The van der Waals surface area contributed by atoms with E-state index in [-0.39, 0.29) is 12.5 Å². The maximum atomic E-state index is 11.6. The molecule has 0 atom stereocenters. The molecule has 5 heteroatoms. The molecule has 0 aliphatic rings. The molecule has 1 amide bonds. The molecule has 1 aromatic rings. The summed E-state index contributed by atoms with van der Waals surface area (Å²) in [6.45, 7) is 3.67. The Morgan fingerprint density at radius 1 is 1.39 bits per heavy atom. The van der Waals surface area contributed by atoms with Crippen LogP contribution in [0.1, 0.15) is 5.56 Å². The first kappa shape index (κ1) is 14.8. The Balaban J connectivity index is 2.36. The topological polar surface area (TPSA) is 44.4 Å². The van der Waals surface area contributed by atoms with Gasteiger partial charge in [-0.1, -0.05) is 17.7 Å². The molecule has 18 heavy (non-hydrogen) atoms. The smallest absolute Gasteiger partial charge is 0.239 e. The first-order valence-corrected chi connectivity index (χ1v) is 6.29. The van der Waals surface area contributed by atoms with E-state index in [4.69, 9.17) is 11.6 Å². The second-order valence-corrected chi connectivity index (χ2v) is 4.83. The van der Waals surface area contributed by atoms with Gasteiger partial charge in [0.15, 0.2) is 0 Å². The SMILES string of the molecule is Cc1c(Cl)cccc1NCC(=O)NCCN(C)C. The fraction of sp³-hybridized carbons (Fsp3) is 0.462. The van der Waals surface area contributed by atoms with Gasteiger partial charge >= 0.3 is 0 Å². The lowest BCUT2D eigenvalue weighted by Crippen LogP contribution is -2.35. The van der Waals surface area contributed by atoms with Crippen molar-refractivity contribution >= 4 is 23.2 Å². The number of hydrogen-bond acceptors (Lipinski definition) is 3. The van der Waals surface area contributed by atoms with Crippen LogP contribution in [0.25, 0.3) is 0 Å². The molecule has 0 fully saturated rings. The van der Waals surface area contributed by atoms with Crippen LogP contribution >= 0.6 is 11.6 Å². The van der Waals surface area contributed by atoms with Gasteiger partial charge < -0.3 is 15.5 Å². The highest BCUT2D eigenvalue weighted by molar-refractivity contribution is 6.31. The minimum absolute atomic E-state index is 0.0174. The van der Waals surface area contributed by atoms with Crippen LogP contribution in [0.2, 0.25) is 5.02 Å². The summed E-state index contributed by atoms with van der Waals surface area (Å²) in [6.07, 6.45) is 0. The van der Waals surface area contributed by atoms with E-state index in [0.29, 0.717) is 11.6 Å². The van der Waals surface area contributed by atoms with Crippen molar-refractivity contribution in [1.82, 2.24) is 10.2 Å². The van der Waals surface area contributed by atoms with Crippen LogP contribution in [-0.4, -0.2) is 44.5 Å². The van der Waals surface area contributed by atoms with Crippen molar-refractivity contribution in [2.45, 2.75) is 6.92 Å². The fourth-order valence-electron chi connectivity index (χ4n) is 1.46. The highest BCUT2D eigenvalue weighted by Gasteiger charge is 2.04. The number of nitrogens with zero attached hydrogens (tertiary/aromatic N) is 1. The first-order chi connectivity index (χ1) is 8.50. The van der Waals surface area contributed by atoms with Crippen molar-refractivity contribution in [3.63, 3.8) is 0 Å². The summed E-state index contributed by atoms with van der Waals surface area (Å²) >= 11 is 6.00. The second-order valence-electron chi connectivity index (χ2n) is 4.42. The van der Waals surface area contributed by atoms with E-state index in [9.17, 15) is 4.79 Å². The van der Waals surface area contributed by atoms with Gasteiger partial charge in [-0.25, -0.2) is 0 Å². The van der Waals surface area contributed by atoms with Crippen LogP contribution < -0.4 is 10.6 Å². The van der Waals surface area contributed by atoms with E-state index < -0.39 is 0 Å². The van der Waals surface area contributed by atoms with Gasteiger partial charge in [-0.05, 0) is 38.7 Å². The van der Waals surface area contributed by atoms with Crippen LogP contribution in [0.4, 0.5) is 5.69 Å². The van der Waals surface area contributed by atoms with Crippen LogP contribution in [0.15, 0.2) is 18.2 Å². The Labute approximate surface area is 113 Å². The average Bonchev–Trinajstić information content (AvgIpc) is 2.30. The number of nitrogens with one attached hydrogen (secondary N) is 2. The molecular weight excluding hydrogens is 250 g/mol. The largest absolute Gasteiger partial charge is 0.376 e. The van der Waals surface area contributed by atoms with E-state index >= 15 is 0 Å². The molecule has 0 unspecified atom stereocenters. The zero-order valence-corrected chi connectivity index (χ0v) is 11.8. The molecule has 1 aromatic carbocycles. The minimum Gasteiger partial charge on any atom is -0.376 e. The Morgan fingerprint density at radius 2 is 2.11 bits per heavy atom. The van der Waals surface area contributed by atoms with Crippen LogP contribution in [0.5, 0.6) is 0 Å². The molecule has 0 aliphatic carbocycles. The third kappa shape index (κ3) is 4.94. The van der Waals surface area contributed by atoms with E-state index in [1.165, 1.54) is 0 Å². The summed E-state index contributed by atoms with van der Waals surface area (Å²) in [5.41, 5.74) is 1.85. The predicted molar refractivity (Wildman–Crippen MR) is 76.2 cm³/mol. The van der Waals surface area contributed by atoms with Crippen LogP contribution in [-0.2, 0) is 4.79 Å². The monoisotopic (exact) mass is 269 g/mol. The Bertz CT molecular complexity index is 407. The molecule has 0 saturated heterocycles. The quantitative estimate of drug-likeness (QED) is 0.827. The molecule has 0 spiro atoms. The van der Waals surface area contributed by atoms with Gasteiger partial charge in [0.1, 0.15) is 0 Å². The predicted octanol–water partition coefficient (Wildman–Crippen LogP) is 1.74. The van der Waals surface area contributed by atoms with E-state index in [0.717, 1.165) is 17.8 Å². The van der Waals surface area contributed by atoms with Crippen molar-refractivity contribution in [3.8, 4) is 0 Å². The van der Waals surface area contributed by atoms with Gasteiger partial charge in [0.25, 0.3) is 0 Å². The molecule has 0 saturated carbocycles. The number of anilines is 1. The Hall–Kier alpha value is -1.26. The highest BCUT2D eigenvalue weighted by Crippen LogP contribution is 2.22. The summed E-state index contributed by atoms with van der Waals surface area (Å²) < 4.78 is 0. The van der Waals surface area contributed by atoms with Crippen molar-refractivity contribution in [3.05, 3.63) is 28.8 Å². The van der Waals surface area contributed by atoms with Gasteiger partial charge in [-0.3, -0.25) is 4.79 Å². The zero-order chi connectivity index (χ0) is 13.5. The van der Waals surface area contributed by atoms with E-state index in [1.807, 2.05) is 44.1 Å². The summed E-state index contributed by atoms with van der Waals surface area (Å²) in [7, 11) is 3.94. The maximum absolute atomic E-state index is 11.6. The van der Waals surface area contributed by atoms with Crippen molar-refractivity contribution in [1.29, 1.82) is 0 Å². The van der Waals surface area contributed by atoms with E-state index in [2.05, 4.69) is 10.6 Å². The number of likely N-dealkylation sites (N-methyl/N-ethyl adjacent to an activating group) is 1. The number of carbonyl (C=O) groups excluding carboxylic acids is 1. The van der Waals surface area contributed by atoms with Gasteiger partial charge in [0.2, 0.25) is 5.91 Å². The molecule has 0 bridgehead atoms. The van der Waals surface area contributed by atoms with Crippen molar-refractivity contribution < 1.29 is 4.79 Å². The summed E-state index contributed by atoms with van der Waals surface area (Å²) in [5.74, 6) is -0.0174. The molecule has 0 heterocycles.